The number of esters is 1. The largest absolute Gasteiger partial charge is 0.504 e. The second-order valence-corrected chi connectivity index (χ2v) is 20.3. The highest BCUT2D eigenvalue weighted by Crippen LogP contribution is 2.56. The van der Waals surface area contributed by atoms with Gasteiger partial charge in [0, 0.05) is 93.5 Å². The Balaban J connectivity index is 0.851. The van der Waals surface area contributed by atoms with Crippen molar-refractivity contribution in [1.82, 2.24) is 35.8 Å². The number of ether oxygens (including phenoxy) is 4. The van der Waals surface area contributed by atoms with Gasteiger partial charge in [0.25, 0.3) is 0 Å². The number of nitrogens with two attached hydrogens (primary N) is 1. The fourth-order valence-electron chi connectivity index (χ4n) is 12.2. The molecule has 1 spiro atoms. The van der Waals surface area contributed by atoms with Crippen LogP contribution in [0.15, 0.2) is 102 Å². The molecule has 17 heteroatoms. The van der Waals surface area contributed by atoms with Crippen molar-refractivity contribution >= 4 is 22.8 Å². The standard InChI is InChI=1S/C55H69N9O8/c1-34(65)70-41-28-39(71-47(29-41)38-26-46(67)51(68)49(27-38)69-23-16-37-7-4-19-58-31-37)11-9-36-10-12-45(66)48(24-36)72-40-8-3-17-55(30-40)54(33-57-2)18-13-44-42-15-22-59-43(42)32-64(44)52(54)62-53(63-55)61-20-5-6-35-14-21-60-50(56)25-35/h4,7,10,12,14-15,19,22,24-27,31-32,39-41,47,52,57,59-60,66-68H,3,5-6,8-9,11,13,16-18,20-21,23,28-30,33,56H2,1-2H3,(H2,61,62,63)/t39-,40-,41+,47-,52+,54-,55+/m0/s1. The lowest BCUT2D eigenvalue weighted by atomic mass is 9.56. The number of nitrogens with zero attached hydrogens (tertiary/aromatic N) is 3. The molecule has 0 bridgehead atoms. The SMILES string of the molecule is CNC[C@@]12CCc3c4cc[nH]c4cn3[C@H]1NC(=NCCCC1=CCNC(N)=C1)N[C@@]21CCC[C@H](Oc2cc(CC[C@H]3C[C@@H](OC(C)=O)C[C@@H](c4cc(O)c(O)c(OCCc5cccnc5)c4)O3)ccc2O)C1. The summed E-state index contributed by atoms with van der Waals surface area (Å²) in [5, 5.41) is 48.9. The van der Waals surface area contributed by atoms with Crippen LogP contribution < -0.4 is 36.5 Å². The number of carbonyl (C=O) groups is 1. The second kappa shape index (κ2) is 21.1. The predicted molar refractivity (Wildman–Crippen MR) is 274 cm³/mol. The third kappa shape index (κ3) is 10.3. The molecule has 72 heavy (non-hydrogen) atoms. The number of aromatic hydroxyl groups is 3. The van der Waals surface area contributed by atoms with E-state index >= 15 is 0 Å². The molecule has 3 aromatic heterocycles. The predicted octanol–water partition coefficient (Wildman–Crippen LogP) is 6.96. The zero-order valence-corrected chi connectivity index (χ0v) is 41.3. The van der Waals surface area contributed by atoms with Gasteiger partial charge >= 0.3 is 5.97 Å². The van der Waals surface area contributed by atoms with Crippen molar-refractivity contribution < 1.29 is 39.1 Å². The van der Waals surface area contributed by atoms with E-state index in [0.717, 1.165) is 80.6 Å². The number of aromatic nitrogens is 3. The Morgan fingerprint density at radius 1 is 1.04 bits per heavy atom. The average Bonchev–Trinajstić information content (AvgIpc) is 3.98. The first-order valence-electron chi connectivity index (χ1n) is 25.7. The number of pyridine rings is 1. The molecule has 2 saturated heterocycles. The van der Waals surface area contributed by atoms with E-state index in [4.69, 9.17) is 29.7 Å². The highest BCUT2D eigenvalue weighted by molar-refractivity contribution is 5.85. The number of phenolic OH excluding ortho intramolecular Hbond substituents is 3. The Morgan fingerprint density at radius 3 is 2.78 bits per heavy atom. The fraction of sp³-hybridized carbons (Fsp3) is 0.473. The number of benzene rings is 2. The van der Waals surface area contributed by atoms with Crippen LogP contribution in [0.25, 0.3) is 10.9 Å². The first-order chi connectivity index (χ1) is 35.0. The molecule has 0 radical (unpaired) electrons. The molecule has 7 atom stereocenters. The summed E-state index contributed by atoms with van der Waals surface area (Å²) in [7, 11) is 2.04. The van der Waals surface area contributed by atoms with Gasteiger partial charge in [-0.2, -0.15) is 0 Å². The van der Waals surface area contributed by atoms with E-state index in [-0.39, 0.29) is 64.9 Å². The summed E-state index contributed by atoms with van der Waals surface area (Å²) in [6.45, 7) is 3.82. The fourth-order valence-corrected chi connectivity index (χ4v) is 12.2. The maximum absolute atomic E-state index is 12.3. The summed E-state index contributed by atoms with van der Waals surface area (Å²) in [5.41, 5.74) is 11.7. The van der Waals surface area contributed by atoms with Gasteiger partial charge < -0.3 is 70.8 Å². The maximum Gasteiger partial charge on any atom is 0.302 e. The van der Waals surface area contributed by atoms with Crippen LogP contribution in [0.2, 0.25) is 0 Å². The number of guanidine groups is 1. The van der Waals surface area contributed by atoms with Crippen LogP contribution >= 0.6 is 0 Å². The minimum Gasteiger partial charge on any atom is -0.504 e. The molecule has 1 saturated carbocycles. The molecule has 17 nitrogen and oxygen atoms in total. The first kappa shape index (κ1) is 48.8. The number of nitrogens with one attached hydrogen (secondary N) is 5. The Hall–Kier alpha value is -6.85. The molecule has 2 aromatic carbocycles. The van der Waals surface area contributed by atoms with Crippen molar-refractivity contribution in [2.24, 2.45) is 16.1 Å². The summed E-state index contributed by atoms with van der Waals surface area (Å²) >= 11 is 0. The zero-order chi connectivity index (χ0) is 49.8. The Labute approximate surface area is 420 Å². The quantitative estimate of drug-likeness (QED) is 0.0261. The van der Waals surface area contributed by atoms with Gasteiger partial charge in [-0.15, -0.1) is 0 Å². The zero-order valence-electron chi connectivity index (χ0n) is 41.3. The first-order valence-corrected chi connectivity index (χ1v) is 25.7. The van der Waals surface area contributed by atoms with Crippen molar-refractivity contribution in [1.29, 1.82) is 0 Å². The van der Waals surface area contributed by atoms with Crippen molar-refractivity contribution in [2.75, 3.05) is 33.3 Å². The molecule has 0 amide bonds. The Kier molecular flexibility index (Phi) is 14.3. The van der Waals surface area contributed by atoms with Crippen LogP contribution in [-0.4, -0.2) is 98.9 Å². The van der Waals surface area contributed by atoms with Gasteiger partial charge in [0.15, 0.2) is 29.0 Å². The van der Waals surface area contributed by atoms with Crippen LogP contribution in [0.5, 0.6) is 28.7 Å². The number of hydrogen-bond donors (Lipinski definition) is 9. The number of phenols is 3. The minimum atomic E-state index is -0.547. The van der Waals surface area contributed by atoms with E-state index in [1.54, 1.807) is 24.5 Å². The summed E-state index contributed by atoms with van der Waals surface area (Å²) in [5.74, 6) is 1.11. The molecule has 4 aliphatic heterocycles. The van der Waals surface area contributed by atoms with Crippen LogP contribution in [0.3, 0.4) is 0 Å². The molecule has 0 unspecified atom stereocenters. The number of allylic oxidation sites excluding steroid dienone is 2. The normalized spacial score (nSPS) is 26.4. The van der Waals surface area contributed by atoms with Gasteiger partial charge in [-0.25, -0.2) is 0 Å². The number of fused-ring (bicyclic) bond motifs is 6. The number of H-pyrrole nitrogens is 1. The third-order valence-corrected chi connectivity index (χ3v) is 15.6. The molecule has 7 heterocycles. The monoisotopic (exact) mass is 984 g/mol. The number of dihydropyridines is 1. The van der Waals surface area contributed by atoms with E-state index in [0.29, 0.717) is 62.2 Å². The van der Waals surface area contributed by atoms with Crippen LogP contribution in [-0.2, 0) is 33.5 Å². The van der Waals surface area contributed by atoms with E-state index in [2.05, 4.69) is 54.1 Å². The second-order valence-electron chi connectivity index (χ2n) is 20.3. The minimum absolute atomic E-state index is 0.0695. The lowest BCUT2D eigenvalue weighted by molar-refractivity contribution is -0.160. The Morgan fingerprint density at radius 2 is 1.94 bits per heavy atom. The molecule has 5 aromatic rings. The number of rotatable bonds is 17. The number of aromatic amines is 1. The summed E-state index contributed by atoms with van der Waals surface area (Å²) < 4.78 is 27.8. The van der Waals surface area contributed by atoms with Gasteiger partial charge in [-0.05, 0) is 130 Å². The maximum atomic E-state index is 12.3. The van der Waals surface area contributed by atoms with Crippen molar-refractivity contribution in [3.05, 3.63) is 119 Å². The van der Waals surface area contributed by atoms with Gasteiger partial charge in [0.2, 0.25) is 5.75 Å². The molecule has 3 fully saturated rings. The smallest absolute Gasteiger partial charge is 0.302 e. The third-order valence-electron chi connectivity index (χ3n) is 15.6. The summed E-state index contributed by atoms with van der Waals surface area (Å²) in [4.78, 5) is 25.1. The van der Waals surface area contributed by atoms with Gasteiger partial charge in [0.1, 0.15) is 18.4 Å². The number of aryl methyl sites for hydroxylation is 2. The highest BCUT2D eigenvalue weighted by atomic mass is 16.6. The molecule has 10 N–H and O–H groups in total. The Bertz CT molecular complexity index is 2830. The van der Waals surface area contributed by atoms with E-state index in [1.807, 2.05) is 43.6 Å². The van der Waals surface area contributed by atoms with Gasteiger partial charge in [-0.3, -0.25) is 14.8 Å². The topological polar surface area (TPSA) is 235 Å². The van der Waals surface area contributed by atoms with E-state index in [1.165, 1.54) is 29.6 Å². The summed E-state index contributed by atoms with van der Waals surface area (Å²) in [6.07, 6.45) is 20.1. The van der Waals surface area contributed by atoms with Crippen molar-refractivity contribution in [3.63, 3.8) is 0 Å². The molecule has 5 aliphatic rings. The highest BCUT2D eigenvalue weighted by Gasteiger charge is 2.62. The van der Waals surface area contributed by atoms with Crippen LogP contribution in [0.1, 0.15) is 106 Å². The molecule has 1 aliphatic carbocycles. The van der Waals surface area contributed by atoms with E-state index < -0.39 is 12.2 Å². The number of aliphatic imine (C=N–C) groups is 1. The van der Waals surface area contributed by atoms with Gasteiger partial charge in [-0.1, -0.05) is 18.2 Å². The molecule has 10 rings (SSSR count). The summed E-state index contributed by atoms with van der Waals surface area (Å²) in [6, 6.07) is 14.7. The van der Waals surface area contributed by atoms with Crippen LogP contribution in [0, 0.1) is 5.41 Å². The van der Waals surface area contributed by atoms with Crippen LogP contribution in [0.4, 0.5) is 0 Å². The van der Waals surface area contributed by atoms with Crippen molar-refractivity contribution in [3.8, 4) is 28.7 Å². The van der Waals surface area contributed by atoms with E-state index in [9.17, 15) is 20.1 Å². The molecule has 382 valence electrons. The van der Waals surface area contributed by atoms with Crippen molar-refractivity contribution in [2.45, 2.75) is 127 Å². The number of carbonyl (C=O) groups excluding carboxylic acids is 1. The lowest BCUT2D eigenvalue weighted by Crippen LogP contribution is -2.76. The average molecular weight is 984 g/mol. The number of hydrogen-bond acceptors (Lipinski definition) is 13. The molecular weight excluding hydrogens is 915 g/mol. The molecular formula is C55H69N9O8. The lowest BCUT2D eigenvalue weighted by Gasteiger charge is -2.62. The van der Waals surface area contributed by atoms with Gasteiger partial charge in [0.05, 0.1) is 35.7 Å².